The van der Waals surface area contributed by atoms with Gasteiger partial charge in [0.25, 0.3) is 0 Å². The van der Waals surface area contributed by atoms with Gasteiger partial charge in [0, 0.05) is 24.2 Å². The van der Waals surface area contributed by atoms with Crippen LogP contribution in [0.3, 0.4) is 0 Å². The molecule has 0 amide bonds. The maximum Gasteiger partial charge on any atom is 0.122 e. The predicted molar refractivity (Wildman–Crippen MR) is 73.2 cm³/mol. The van der Waals surface area contributed by atoms with Crippen molar-refractivity contribution >= 4 is 5.69 Å². The van der Waals surface area contributed by atoms with E-state index in [0.717, 1.165) is 37.6 Å². The Morgan fingerprint density at radius 2 is 2.22 bits per heavy atom. The Kier molecular flexibility index (Phi) is 4.09. The smallest absolute Gasteiger partial charge is 0.122 e. The zero-order chi connectivity index (χ0) is 13.0. The van der Waals surface area contributed by atoms with Gasteiger partial charge in [-0.15, -0.1) is 0 Å². The summed E-state index contributed by atoms with van der Waals surface area (Å²) < 4.78 is 10.6. The number of aryl methyl sites for hydroxylation is 1. The Balaban J connectivity index is 2.01. The molecule has 3 N–H and O–H groups in total. The van der Waals surface area contributed by atoms with E-state index in [2.05, 4.69) is 18.3 Å². The molecule has 100 valence electrons. The van der Waals surface area contributed by atoms with Crippen LogP contribution in [0.15, 0.2) is 18.2 Å². The average molecular weight is 250 g/mol. The van der Waals surface area contributed by atoms with Crippen LogP contribution in [0.25, 0.3) is 0 Å². The van der Waals surface area contributed by atoms with Crippen molar-refractivity contribution in [3.8, 4) is 5.75 Å². The molecule has 4 nitrogen and oxygen atoms in total. The van der Waals surface area contributed by atoms with Gasteiger partial charge in [0.1, 0.15) is 5.75 Å². The minimum absolute atomic E-state index is 0.117. The van der Waals surface area contributed by atoms with Crippen molar-refractivity contribution in [2.24, 2.45) is 11.1 Å². The van der Waals surface area contributed by atoms with E-state index in [4.69, 9.17) is 15.2 Å². The monoisotopic (exact) mass is 250 g/mol. The number of benzene rings is 1. The lowest BCUT2D eigenvalue weighted by Gasteiger charge is -2.40. The first-order chi connectivity index (χ1) is 8.73. The summed E-state index contributed by atoms with van der Waals surface area (Å²) in [4.78, 5) is 0. The summed E-state index contributed by atoms with van der Waals surface area (Å²) in [5, 5.41) is 3.45. The van der Waals surface area contributed by atoms with Crippen molar-refractivity contribution in [2.45, 2.75) is 13.3 Å². The highest BCUT2D eigenvalue weighted by molar-refractivity contribution is 5.51. The largest absolute Gasteiger partial charge is 0.496 e. The molecule has 1 aliphatic rings. The van der Waals surface area contributed by atoms with Crippen LogP contribution in [0, 0.1) is 5.41 Å². The molecule has 0 aromatic heterocycles. The molecule has 1 aromatic rings. The Labute approximate surface area is 108 Å². The van der Waals surface area contributed by atoms with Gasteiger partial charge in [-0.05, 0) is 30.2 Å². The van der Waals surface area contributed by atoms with Crippen LogP contribution in [-0.4, -0.2) is 33.4 Å². The molecule has 1 aliphatic heterocycles. The number of rotatable bonds is 6. The second-order valence-electron chi connectivity index (χ2n) is 4.93. The quantitative estimate of drug-likeness (QED) is 0.806. The molecule has 0 aliphatic carbocycles. The van der Waals surface area contributed by atoms with E-state index in [1.165, 1.54) is 5.56 Å². The minimum atomic E-state index is 0.117. The first kappa shape index (κ1) is 13.2. The van der Waals surface area contributed by atoms with Crippen LogP contribution in [0.4, 0.5) is 5.69 Å². The molecule has 1 aromatic carbocycles. The molecule has 1 fully saturated rings. The second kappa shape index (κ2) is 5.59. The van der Waals surface area contributed by atoms with Crippen molar-refractivity contribution < 1.29 is 9.47 Å². The summed E-state index contributed by atoms with van der Waals surface area (Å²) in [5.74, 6) is 0.948. The molecule has 0 radical (unpaired) electrons. The molecule has 0 unspecified atom stereocenters. The first-order valence-corrected chi connectivity index (χ1v) is 6.41. The molecule has 1 saturated heterocycles. The highest BCUT2D eigenvalue weighted by Gasteiger charge is 2.36. The minimum Gasteiger partial charge on any atom is -0.496 e. The molecule has 4 heteroatoms. The third-order valence-corrected chi connectivity index (χ3v) is 3.58. The lowest BCUT2D eigenvalue weighted by Crippen LogP contribution is -2.52. The van der Waals surface area contributed by atoms with Crippen LogP contribution in [-0.2, 0) is 11.2 Å². The van der Waals surface area contributed by atoms with Gasteiger partial charge < -0.3 is 20.5 Å². The molecular weight excluding hydrogens is 228 g/mol. The Morgan fingerprint density at radius 1 is 1.44 bits per heavy atom. The lowest BCUT2D eigenvalue weighted by molar-refractivity contribution is -0.0979. The maximum absolute atomic E-state index is 5.79. The van der Waals surface area contributed by atoms with Gasteiger partial charge in [0.15, 0.2) is 0 Å². The Morgan fingerprint density at radius 3 is 2.72 bits per heavy atom. The molecule has 0 atom stereocenters. The van der Waals surface area contributed by atoms with E-state index in [1.54, 1.807) is 7.11 Å². The fraction of sp³-hybridized carbons (Fsp3) is 0.571. The highest BCUT2D eigenvalue weighted by Crippen LogP contribution is 2.28. The lowest BCUT2D eigenvalue weighted by atomic mass is 9.86. The van der Waals surface area contributed by atoms with E-state index in [1.807, 2.05) is 12.1 Å². The van der Waals surface area contributed by atoms with E-state index in [9.17, 15) is 0 Å². The van der Waals surface area contributed by atoms with Gasteiger partial charge in [-0.1, -0.05) is 6.92 Å². The predicted octanol–water partition coefficient (Wildman–Crippen LogP) is 1.64. The number of nitrogens with one attached hydrogen (secondary N) is 1. The molecule has 18 heavy (non-hydrogen) atoms. The number of ether oxygens (including phenoxy) is 2. The summed E-state index contributed by atoms with van der Waals surface area (Å²) in [6, 6.07) is 6.19. The number of methoxy groups -OCH3 is 1. The average Bonchev–Trinajstić information content (AvgIpc) is 2.37. The summed E-state index contributed by atoms with van der Waals surface area (Å²) in [6.45, 7) is 5.17. The molecule has 0 spiro atoms. The van der Waals surface area contributed by atoms with E-state index in [0.29, 0.717) is 6.54 Å². The van der Waals surface area contributed by atoms with Crippen molar-refractivity contribution in [3.05, 3.63) is 23.8 Å². The first-order valence-electron chi connectivity index (χ1n) is 6.41. The number of hydrogen-bond donors (Lipinski definition) is 2. The third kappa shape index (κ3) is 2.60. The van der Waals surface area contributed by atoms with Gasteiger partial charge in [-0.2, -0.15) is 0 Å². The summed E-state index contributed by atoms with van der Waals surface area (Å²) in [7, 11) is 1.71. The van der Waals surface area contributed by atoms with Crippen LogP contribution in [0.1, 0.15) is 12.5 Å². The van der Waals surface area contributed by atoms with Gasteiger partial charge in [-0.25, -0.2) is 0 Å². The molecule has 2 rings (SSSR count). The highest BCUT2D eigenvalue weighted by atomic mass is 16.5. The van der Waals surface area contributed by atoms with E-state index >= 15 is 0 Å². The fourth-order valence-electron chi connectivity index (χ4n) is 2.14. The van der Waals surface area contributed by atoms with E-state index < -0.39 is 0 Å². The van der Waals surface area contributed by atoms with Crippen LogP contribution in [0.2, 0.25) is 0 Å². The van der Waals surface area contributed by atoms with E-state index in [-0.39, 0.29) is 5.41 Å². The zero-order valence-corrected chi connectivity index (χ0v) is 11.2. The van der Waals surface area contributed by atoms with Crippen LogP contribution < -0.4 is 15.8 Å². The van der Waals surface area contributed by atoms with Gasteiger partial charge >= 0.3 is 0 Å². The Hall–Kier alpha value is -1.26. The molecule has 1 heterocycles. The van der Waals surface area contributed by atoms with Crippen LogP contribution >= 0.6 is 0 Å². The number of hydrogen-bond acceptors (Lipinski definition) is 4. The van der Waals surface area contributed by atoms with Crippen molar-refractivity contribution in [2.75, 3.05) is 38.7 Å². The SMILES string of the molecule is CCc1cc(NCC2(CN)COC2)ccc1OC. The number of nitrogens with two attached hydrogens (primary N) is 1. The molecule has 0 bridgehead atoms. The second-order valence-corrected chi connectivity index (χ2v) is 4.93. The van der Waals surface area contributed by atoms with Gasteiger partial charge in [0.2, 0.25) is 0 Å². The third-order valence-electron chi connectivity index (χ3n) is 3.58. The summed E-state index contributed by atoms with van der Waals surface area (Å²) in [6.07, 6.45) is 0.962. The normalized spacial score (nSPS) is 17.1. The topological polar surface area (TPSA) is 56.5 Å². The number of anilines is 1. The summed E-state index contributed by atoms with van der Waals surface area (Å²) >= 11 is 0. The van der Waals surface area contributed by atoms with Gasteiger partial charge in [0.05, 0.1) is 20.3 Å². The van der Waals surface area contributed by atoms with Crippen molar-refractivity contribution in [1.82, 2.24) is 0 Å². The maximum atomic E-state index is 5.79. The Bertz CT molecular complexity index is 397. The standard InChI is InChI=1S/C14H22N2O2/c1-3-11-6-12(4-5-13(11)17-2)16-8-14(7-15)9-18-10-14/h4-6,16H,3,7-10,15H2,1-2H3. The zero-order valence-electron chi connectivity index (χ0n) is 11.2. The van der Waals surface area contributed by atoms with Crippen molar-refractivity contribution in [1.29, 1.82) is 0 Å². The summed E-state index contributed by atoms with van der Waals surface area (Å²) in [5.41, 5.74) is 8.25. The molecule has 0 saturated carbocycles. The van der Waals surface area contributed by atoms with Crippen LogP contribution in [0.5, 0.6) is 5.75 Å². The van der Waals surface area contributed by atoms with Gasteiger partial charge in [-0.3, -0.25) is 0 Å². The molecular formula is C14H22N2O2. The van der Waals surface area contributed by atoms with Crippen molar-refractivity contribution in [3.63, 3.8) is 0 Å². The fourth-order valence-corrected chi connectivity index (χ4v) is 2.14.